The molecule has 0 unspecified atom stereocenters. The van der Waals surface area contributed by atoms with Gasteiger partial charge in [-0.25, -0.2) is 0 Å². The largest absolute Gasteiger partial charge is 0.348 e. The van der Waals surface area contributed by atoms with Gasteiger partial charge in [-0.05, 0) is 43.7 Å². The Labute approximate surface area is 112 Å². The average molecular weight is 265 g/mol. The number of nitrogens with one attached hydrogen (secondary N) is 2. The molecule has 0 spiro atoms. The summed E-state index contributed by atoms with van der Waals surface area (Å²) in [6, 6.07) is 5.38. The van der Waals surface area contributed by atoms with Crippen molar-refractivity contribution in [2.45, 2.75) is 13.3 Å². The summed E-state index contributed by atoms with van der Waals surface area (Å²) in [5.74, 6) is -0.0694. The Morgan fingerprint density at radius 2 is 2.28 bits per heavy atom. The van der Waals surface area contributed by atoms with E-state index in [1.807, 2.05) is 19.1 Å². The molecule has 1 aromatic carbocycles. The molecule has 1 heterocycles. The number of hydrogen-bond donors (Lipinski definition) is 2. The van der Waals surface area contributed by atoms with E-state index in [1.165, 1.54) is 5.57 Å². The zero-order valence-corrected chi connectivity index (χ0v) is 11.2. The van der Waals surface area contributed by atoms with Gasteiger partial charge in [0, 0.05) is 23.7 Å². The molecule has 96 valence electrons. The van der Waals surface area contributed by atoms with Gasteiger partial charge < -0.3 is 10.6 Å². The minimum absolute atomic E-state index is 0.0694. The Morgan fingerprint density at radius 3 is 2.94 bits per heavy atom. The van der Waals surface area contributed by atoms with Gasteiger partial charge in [-0.15, -0.1) is 0 Å². The summed E-state index contributed by atoms with van der Waals surface area (Å²) >= 11 is 5.94. The Kier molecular flexibility index (Phi) is 4.39. The fraction of sp³-hybridized carbons (Fsp3) is 0.357. The van der Waals surface area contributed by atoms with E-state index in [2.05, 4.69) is 16.7 Å². The number of rotatable bonds is 3. The van der Waals surface area contributed by atoms with Crippen LogP contribution in [0.5, 0.6) is 0 Å². The molecule has 0 atom stereocenters. The second-order valence-corrected chi connectivity index (χ2v) is 4.95. The molecule has 0 bridgehead atoms. The van der Waals surface area contributed by atoms with E-state index < -0.39 is 0 Å². The fourth-order valence-corrected chi connectivity index (χ4v) is 2.28. The van der Waals surface area contributed by atoms with Crippen LogP contribution in [0.2, 0.25) is 5.02 Å². The Balaban J connectivity index is 1.97. The molecule has 0 saturated heterocycles. The molecule has 0 fully saturated rings. The van der Waals surface area contributed by atoms with E-state index in [1.54, 1.807) is 6.07 Å². The Bertz CT molecular complexity index is 462. The van der Waals surface area contributed by atoms with Crippen LogP contribution in [-0.4, -0.2) is 25.5 Å². The third-order valence-electron chi connectivity index (χ3n) is 2.94. The van der Waals surface area contributed by atoms with Crippen molar-refractivity contribution in [3.8, 4) is 0 Å². The molecule has 3 nitrogen and oxygen atoms in total. The summed E-state index contributed by atoms with van der Waals surface area (Å²) in [6.45, 7) is 4.42. The van der Waals surface area contributed by atoms with Crippen LogP contribution >= 0.6 is 11.6 Å². The molecule has 0 aromatic heterocycles. The monoisotopic (exact) mass is 264 g/mol. The first-order valence-electron chi connectivity index (χ1n) is 6.09. The quantitative estimate of drug-likeness (QED) is 0.823. The summed E-state index contributed by atoms with van der Waals surface area (Å²) in [5, 5.41) is 6.77. The molecular formula is C14H17ClN2O. The van der Waals surface area contributed by atoms with Gasteiger partial charge in [0.15, 0.2) is 0 Å². The molecule has 0 saturated carbocycles. The number of benzene rings is 1. The lowest BCUT2D eigenvalue weighted by atomic mass is 10.1. The second kappa shape index (κ2) is 6.03. The number of aryl methyl sites for hydroxylation is 1. The second-order valence-electron chi connectivity index (χ2n) is 4.52. The van der Waals surface area contributed by atoms with Crippen LogP contribution in [0.4, 0.5) is 0 Å². The van der Waals surface area contributed by atoms with Gasteiger partial charge in [0.25, 0.3) is 5.91 Å². The van der Waals surface area contributed by atoms with Crippen molar-refractivity contribution in [1.29, 1.82) is 0 Å². The van der Waals surface area contributed by atoms with Crippen molar-refractivity contribution in [3.63, 3.8) is 0 Å². The van der Waals surface area contributed by atoms with E-state index in [9.17, 15) is 4.79 Å². The first-order valence-corrected chi connectivity index (χ1v) is 6.47. The topological polar surface area (TPSA) is 41.1 Å². The number of halogens is 1. The van der Waals surface area contributed by atoms with Crippen molar-refractivity contribution in [1.82, 2.24) is 10.6 Å². The first-order chi connectivity index (χ1) is 8.65. The molecule has 0 aliphatic carbocycles. The summed E-state index contributed by atoms with van der Waals surface area (Å²) in [5.41, 5.74) is 2.89. The van der Waals surface area contributed by atoms with Crippen molar-refractivity contribution >= 4 is 17.5 Å². The third-order valence-corrected chi connectivity index (χ3v) is 3.16. The Hall–Kier alpha value is -1.32. The standard InChI is InChI=1S/C14H17ClN2O/c1-10-6-12(8-13(15)7-10)14(18)17-9-11-2-4-16-5-3-11/h2,6-8,16H,3-5,9H2,1H3,(H,17,18). The molecule has 2 rings (SSSR count). The highest BCUT2D eigenvalue weighted by Gasteiger charge is 2.09. The average Bonchev–Trinajstić information content (AvgIpc) is 2.36. The molecule has 4 heteroatoms. The highest BCUT2D eigenvalue weighted by molar-refractivity contribution is 6.31. The third kappa shape index (κ3) is 3.59. The van der Waals surface area contributed by atoms with E-state index in [0.717, 1.165) is 25.1 Å². The maximum absolute atomic E-state index is 12.0. The van der Waals surface area contributed by atoms with E-state index in [0.29, 0.717) is 17.1 Å². The maximum Gasteiger partial charge on any atom is 0.251 e. The highest BCUT2D eigenvalue weighted by Crippen LogP contribution is 2.14. The van der Waals surface area contributed by atoms with Gasteiger partial charge in [-0.1, -0.05) is 23.3 Å². The smallest absolute Gasteiger partial charge is 0.251 e. The predicted molar refractivity (Wildman–Crippen MR) is 74.1 cm³/mol. The molecule has 18 heavy (non-hydrogen) atoms. The summed E-state index contributed by atoms with van der Waals surface area (Å²) in [6.07, 6.45) is 3.13. The van der Waals surface area contributed by atoms with Crippen LogP contribution in [0.15, 0.2) is 29.8 Å². The predicted octanol–water partition coefficient (Wildman–Crippen LogP) is 2.30. The molecule has 1 amide bonds. The normalized spacial score (nSPS) is 15.1. The van der Waals surface area contributed by atoms with Crippen LogP contribution in [0.3, 0.4) is 0 Å². The van der Waals surface area contributed by atoms with E-state index in [-0.39, 0.29) is 5.91 Å². The molecular weight excluding hydrogens is 248 g/mol. The minimum Gasteiger partial charge on any atom is -0.348 e. The zero-order valence-electron chi connectivity index (χ0n) is 10.4. The van der Waals surface area contributed by atoms with Gasteiger partial charge in [0.05, 0.1) is 0 Å². The van der Waals surface area contributed by atoms with Gasteiger partial charge >= 0.3 is 0 Å². The van der Waals surface area contributed by atoms with Crippen molar-refractivity contribution < 1.29 is 4.79 Å². The van der Waals surface area contributed by atoms with Crippen molar-refractivity contribution in [2.24, 2.45) is 0 Å². The summed E-state index contributed by atoms with van der Waals surface area (Å²) in [7, 11) is 0. The van der Waals surface area contributed by atoms with Crippen LogP contribution in [0.25, 0.3) is 0 Å². The van der Waals surface area contributed by atoms with Gasteiger partial charge in [-0.3, -0.25) is 4.79 Å². The number of amides is 1. The first kappa shape index (κ1) is 13.1. The molecule has 2 N–H and O–H groups in total. The molecule has 1 aromatic rings. The van der Waals surface area contributed by atoms with Gasteiger partial charge in [0.1, 0.15) is 0 Å². The van der Waals surface area contributed by atoms with Crippen molar-refractivity contribution in [3.05, 3.63) is 46.0 Å². The van der Waals surface area contributed by atoms with Crippen molar-refractivity contribution in [2.75, 3.05) is 19.6 Å². The number of hydrogen-bond acceptors (Lipinski definition) is 2. The molecule has 1 aliphatic heterocycles. The maximum atomic E-state index is 12.0. The van der Waals surface area contributed by atoms with E-state index >= 15 is 0 Å². The lowest BCUT2D eigenvalue weighted by Crippen LogP contribution is -2.29. The molecule has 1 aliphatic rings. The van der Waals surface area contributed by atoms with Gasteiger partial charge in [0.2, 0.25) is 0 Å². The van der Waals surface area contributed by atoms with Crippen LogP contribution in [-0.2, 0) is 0 Å². The SMILES string of the molecule is Cc1cc(Cl)cc(C(=O)NCC2=CCNCC2)c1. The van der Waals surface area contributed by atoms with Crippen LogP contribution < -0.4 is 10.6 Å². The molecule has 0 radical (unpaired) electrons. The lowest BCUT2D eigenvalue weighted by molar-refractivity contribution is 0.0956. The highest BCUT2D eigenvalue weighted by atomic mass is 35.5. The number of carbonyl (C=O) groups excluding carboxylic acids is 1. The van der Waals surface area contributed by atoms with E-state index in [4.69, 9.17) is 11.6 Å². The van der Waals surface area contributed by atoms with Crippen LogP contribution in [0.1, 0.15) is 22.3 Å². The van der Waals surface area contributed by atoms with Crippen LogP contribution in [0, 0.1) is 6.92 Å². The summed E-state index contributed by atoms with van der Waals surface area (Å²) < 4.78 is 0. The minimum atomic E-state index is -0.0694. The lowest BCUT2D eigenvalue weighted by Gasteiger charge is -2.14. The number of carbonyl (C=O) groups is 1. The Morgan fingerprint density at radius 1 is 1.44 bits per heavy atom. The van der Waals surface area contributed by atoms with Gasteiger partial charge in [-0.2, -0.15) is 0 Å². The summed E-state index contributed by atoms with van der Waals surface area (Å²) in [4.78, 5) is 12.0. The zero-order chi connectivity index (χ0) is 13.0. The fourth-order valence-electron chi connectivity index (χ4n) is 1.99.